The van der Waals surface area contributed by atoms with Crippen LogP contribution in [0.4, 0.5) is 0 Å². The van der Waals surface area contributed by atoms with Gasteiger partial charge in [-0.25, -0.2) is 0 Å². The zero-order valence-corrected chi connectivity index (χ0v) is 10.0. The summed E-state index contributed by atoms with van der Waals surface area (Å²) in [6, 6.07) is 0. The van der Waals surface area contributed by atoms with Crippen LogP contribution in [0.5, 0.6) is 0 Å². The molecule has 0 rings (SSSR count). The van der Waals surface area contributed by atoms with Gasteiger partial charge in [-0.2, -0.15) is 0 Å². The Bertz CT molecular complexity index is 89.8. The average molecular weight is 266 g/mol. The molecular weight excluding hydrogens is 251 g/mol. The average Bonchev–Trinajstić information content (AvgIpc) is 1.97. The summed E-state index contributed by atoms with van der Waals surface area (Å²) in [5.74, 6) is 0. The van der Waals surface area contributed by atoms with Crippen molar-refractivity contribution in [1.82, 2.24) is 0 Å². The van der Waals surface area contributed by atoms with E-state index in [1.165, 1.54) is 0 Å². The van der Waals surface area contributed by atoms with Gasteiger partial charge < -0.3 is 0 Å². The number of rotatable bonds is 6. The fourth-order valence-corrected chi connectivity index (χ4v) is 1.52. The van der Waals surface area contributed by atoms with Gasteiger partial charge in [-0.15, -0.1) is 17.0 Å². The minimum atomic E-state index is -2.55. The molecule has 3 nitrogen and oxygen atoms in total. The van der Waals surface area contributed by atoms with Crippen LogP contribution in [0.3, 0.4) is 0 Å². The summed E-state index contributed by atoms with van der Waals surface area (Å²) in [6.45, 7) is 5.05. The Labute approximate surface area is 83.7 Å². The predicted molar refractivity (Wildman–Crippen MR) is 43.5 cm³/mol. The molecule has 0 aromatic heterocycles. The first-order valence-corrected chi connectivity index (χ1v) is 5.25. The molecule has 0 radical (unpaired) electrons. The van der Waals surface area contributed by atoms with Crippen LogP contribution >= 0.6 is 17.0 Å². The normalized spacial score (nSPS) is 8.91. The third-order valence-electron chi connectivity index (χ3n) is 0.802. The van der Waals surface area contributed by atoms with E-state index < -0.39 is 15.8 Å². The van der Waals surface area contributed by atoms with Crippen molar-refractivity contribution in [3.05, 3.63) is 0 Å². The Hall–Kier alpha value is 0.784. The number of halogens is 1. The monoisotopic (exact) mass is 265 g/mol. The Morgan fingerprint density at radius 3 is 1.73 bits per heavy atom. The molecule has 0 saturated heterocycles. The molecule has 0 aliphatic rings. The van der Waals surface area contributed by atoms with Crippen LogP contribution in [-0.4, -0.2) is 13.2 Å². The SMILES string of the molecule is Br.CCC[O][V](=[O])[O]CCC. The van der Waals surface area contributed by atoms with E-state index in [0.29, 0.717) is 13.2 Å². The van der Waals surface area contributed by atoms with Crippen molar-refractivity contribution < 1.29 is 26.8 Å². The summed E-state index contributed by atoms with van der Waals surface area (Å²) < 4.78 is 20.5. The van der Waals surface area contributed by atoms with E-state index in [4.69, 9.17) is 7.32 Å². The molecule has 0 heterocycles. The van der Waals surface area contributed by atoms with Gasteiger partial charge in [0.25, 0.3) is 0 Å². The van der Waals surface area contributed by atoms with Gasteiger partial charge >= 0.3 is 66.7 Å². The summed E-state index contributed by atoms with van der Waals surface area (Å²) in [6.07, 6.45) is 1.78. The van der Waals surface area contributed by atoms with Gasteiger partial charge in [-0.05, 0) is 0 Å². The van der Waals surface area contributed by atoms with E-state index in [1.807, 2.05) is 13.8 Å². The Morgan fingerprint density at radius 1 is 1.09 bits per heavy atom. The van der Waals surface area contributed by atoms with Gasteiger partial charge in [0.15, 0.2) is 0 Å². The van der Waals surface area contributed by atoms with Crippen molar-refractivity contribution in [2.75, 3.05) is 13.2 Å². The molecule has 0 atom stereocenters. The molecule has 0 aliphatic carbocycles. The molecule has 0 fully saturated rings. The Balaban J connectivity index is 0. The van der Waals surface area contributed by atoms with Gasteiger partial charge in [0.2, 0.25) is 0 Å². The van der Waals surface area contributed by atoms with E-state index in [2.05, 4.69) is 0 Å². The van der Waals surface area contributed by atoms with E-state index in [0.717, 1.165) is 12.8 Å². The third kappa shape index (κ3) is 10.8. The predicted octanol–water partition coefficient (Wildman–Crippen LogP) is 2.21. The minimum absolute atomic E-state index is 0. The first kappa shape index (κ1) is 14.3. The van der Waals surface area contributed by atoms with E-state index >= 15 is 0 Å². The van der Waals surface area contributed by atoms with Crippen LogP contribution in [0.1, 0.15) is 26.7 Å². The second-order valence-electron chi connectivity index (χ2n) is 1.89. The molecule has 0 N–H and O–H groups in total. The van der Waals surface area contributed by atoms with Crippen LogP contribution < -0.4 is 0 Å². The van der Waals surface area contributed by atoms with Crippen LogP contribution in [0.2, 0.25) is 0 Å². The van der Waals surface area contributed by atoms with Crippen molar-refractivity contribution in [3.8, 4) is 0 Å². The first-order chi connectivity index (χ1) is 4.81. The van der Waals surface area contributed by atoms with Crippen LogP contribution in [-0.2, 0) is 26.8 Å². The summed E-state index contributed by atoms with van der Waals surface area (Å²) in [4.78, 5) is 0. The summed E-state index contributed by atoms with van der Waals surface area (Å²) in [7, 11) is 0. The maximum absolute atomic E-state index is 10.7. The second-order valence-corrected chi connectivity index (χ2v) is 3.39. The van der Waals surface area contributed by atoms with Crippen LogP contribution in [0, 0.1) is 0 Å². The topological polar surface area (TPSA) is 35.5 Å². The molecule has 0 spiro atoms. The molecule has 0 saturated carbocycles. The van der Waals surface area contributed by atoms with Gasteiger partial charge in [-0.3, -0.25) is 0 Å². The summed E-state index contributed by atoms with van der Waals surface area (Å²) in [5, 5.41) is 0. The standard InChI is InChI=1S/2C3H7O.BrH.O.V/c2*1-2-3-4;;;/h2*2-3H2,1H3;1H;;/q2*-1;;;+2. The molecule has 0 aliphatic heterocycles. The van der Waals surface area contributed by atoms with Crippen molar-refractivity contribution in [3.63, 3.8) is 0 Å². The maximum atomic E-state index is 10.7. The molecule has 0 aromatic rings. The summed E-state index contributed by atoms with van der Waals surface area (Å²) in [5.41, 5.74) is 0. The molecule has 11 heavy (non-hydrogen) atoms. The second kappa shape index (κ2) is 10.8. The quantitative estimate of drug-likeness (QED) is 0.739. The molecule has 69 valence electrons. The zero-order valence-electron chi connectivity index (χ0n) is 6.91. The Kier molecular flexibility index (Phi) is 14.0. The molecule has 5 heteroatoms. The van der Waals surface area contributed by atoms with Crippen molar-refractivity contribution in [1.29, 1.82) is 0 Å². The van der Waals surface area contributed by atoms with Gasteiger partial charge in [0, 0.05) is 0 Å². The van der Waals surface area contributed by atoms with Crippen molar-refractivity contribution in [2.24, 2.45) is 0 Å². The fourth-order valence-electron chi connectivity index (χ4n) is 0.369. The van der Waals surface area contributed by atoms with E-state index in [9.17, 15) is 3.67 Å². The molecule has 0 amide bonds. The van der Waals surface area contributed by atoms with E-state index in [-0.39, 0.29) is 17.0 Å². The number of hydrogen-bond donors (Lipinski definition) is 0. The molecular formula is C6H15BrO3V. The Morgan fingerprint density at radius 2 is 1.45 bits per heavy atom. The van der Waals surface area contributed by atoms with Crippen molar-refractivity contribution >= 4 is 17.0 Å². The number of hydrogen-bond acceptors (Lipinski definition) is 3. The van der Waals surface area contributed by atoms with Gasteiger partial charge in [0.1, 0.15) is 0 Å². The van der Waals surface area contributed by atoms with Gasteiger partial charge in [-0.1, -0.05) is 0 Å². The molecule has 0 unspecified atom stereocenters. The first-order valence-electron chi connectivity index (χ1n) is 3.54. The summed E-state index contributed by atoms with van der Waals surface area (Å²) >= 11 is -2.55. The molecule has 0 aromatic carbocycles. The third-order valence-corrected chi connectivity index (χ3v) is 2.03. The van der Waals surface area contributed by atoms with Gasteiger partial charge in [0.05, 0.1) is 0 Å². The van der Waals surface area contributed by atoms with Crippen LogP contribution in [0.15, 0.2) is 0 Å². The fraction of sp³-hybridized carbons (Fsp3) is 1.00. The zero-order chi connectivity index (χ0) is 7.82. The van der Waals surface area contributed by atoms with Crippen LogP contribution in [0.25, 0.3) is 0 Å². The van der Waals surface area contributed by atoms with Crippen molar-refractivity contribution in [2.45, 2.75) is 26.7 Å². The molecule has 0 bridgehead atoms. The van der Waals surface area contributed by atoms with E-state index in [1.54, 1.807) is 0 Å².